The summed E-state index contributed by atoms with van der Waals surface area (Å²) in [5, 5.41) is 1.88. The number of hydrogen-bond acceptors (Lipinski definition) is 5. The van der Waals surface area contributed by atoms with Crippen molar-refractivity contribution in [2.75, 3.05) is 0 Å². The van der Waals surface area contributed by atoms with Crippen molar-refractivity contribution in [2.24, 2.45) is 5.73 Å². The average molecular weight is 407 g/mol. The number of nitrogens with two attached hydrogens (primary N) is 1. The van der Waals surface area contributed by atoms with E-state index >= 15 is 0 Å². The second kappa shape index (κ2) is 6.93. The molecular formula is C18H12F3N3O5. The van der Waals surface area contributed by atoms with Gasteiger partial charge in [-0.15, -0.1) is 0 Å². The van der Waals surface area contributed by atoms with E-state index in [1.807, 2.05) is 5.32 Å². The lowest BCUT2D eigenvalue weighted by atomic mass is 9.76. The Morgan fingerprint density at radius 1 is 1.00 bits per heavy atom. The molecule has 1 saturated heterocycles. The highest BCUT2D eigenvalue weighted by atomic mass is 19.4. The largest absolute Gasteiger partial charge is 0.416 e. The quantitative estimate of drug-likeness (QED) is 0.745. The maximum absolute atomic E-state index is 13.0. The van der Waals surface area contributed by atoms with Gasteiger partial charge in [-0.3, -0.25) is 19.7 Å². The number of urea groups is 1. The number of amides is 5. The summed E-state index contributed by atoms with van der Waals surface area (Å²) in [7, 11) is 0. The highest BCUT2D eigenvalue weighted by molar-refractivity contribution is 6.34. The molecule has 0 aromatic heterocycles. The smallest absolute Gasteiger partial charge is 0.368 e. The Morgan fingerprint density at radius 2 is 1.59 bits per heavy atom. The number of rotatable bonds is 4. The van der Waals surface area contributed by atoms with Gasteiger partial charge in [0.1, 0.15) is 0 Å². The molecular weight excluding hydrogens is 395 g/mol. The number of benzene rings is 2. The van der Waals surface area contributed by atoms with Gasteiger partial charge in [0.05, 0.1) is 5.56 Å². The number of hydroxylamine groups is 2. The van der Waals surface area contributed by atoms with Crippen LogP contribution >= 0.6 is 0 Å². The van der Waals surface area contributed by atoms with E-state index in [4.69, 9.17) is 10.6 Å². The molecule has 1 heterocycles. The third-order valence-corrected chi connectivity index (χ3v) is 4.21. The van der Waals surface area contributed by atoms with Crippen molar-refractivity contribution in [3.63, 3.8) is 0 Å². The lowest BCUT2D eigenvalue weighted by molar-refractivity contribution is -0.165. The fourth-order valence-corrected chi connectivity index (χ4v) is 2.78. The van der Waals surface area contributed by atoms with Gasteiger partial charge in [0, 0.05) is 0 Å². The van der Waals surface area contributed by atoms with Crippen molar-refractivity contribution < 1.29 is 37.2 Å². The molecule has 1 unspecified atom stereocenters. The highest BCUT2D eigenvalue weighted by Crippen LogP contribution is 2.33. The minimum Gasteiger partial charge on any atom is -0.368 e. The fraction of sp³-hybridized carbons (Fsp3) is 0.111. The van der Waals surface area contributed by atoms with E-state index in [2.05, 4.69) is 0 Å². The average Bonchev–Trinajstić information content (AvgIpc) is 2.65. The van der Waals surface area contributed by atoms with Gasteiger partial charge in [0.25, 0.3) is 11.8 Å². The van der Waals surface area contributed by atoms with Crippen LogP contribution in [0.5, 0.6) is 5.75 Å². The Morgan fingerprint density at radius 3 is 2.10 bits per heavy atom. The number of primary amides is 1. The molecule has 11 heteroatoms. The van der Waals surface area contributed by atoms with E-state index < -0.39 is 40.9 Å². The van der Waals surface area contributed by atoms with Crippen LogP contribution in [0.2, 0.25) is 0 Å². The van der Waals surface area contributed by atoms with Crippen LogP contribution in [-0.2, 0) is 26.0 Å². The van der Waals surface area contributed by atoms with Crippen molar-refractivity contribution in [3.8, 4) is 5.75 Å². The van der Waals surface area contributed by atoms with Crippen LogP contribution in [0, 0.1) is 0 Å². The third-order valence-electron chi connectivity index (χ3n) is 4.21. The predicted octanol–water partition coefficient (Wildman–Crippen LogP) is 1.50. The molecule has 150 valence electrons. The van der Waals surface area contributed by atoms with Crippen molar-refractivity contribution in [2.45, 2.75) is 11.6 Å². The molecule has 29 heavy (non-hydrogen) atoms. The van der Waals surface area contributed by atoms with Crippen LogP contribution < -0.4 is 15.9 Å². The van der Waals surface area contributed by atoms with Crippen LogP contribution in [0.15, 0.2) is 54.6 Å². The molecule has 0 aliphatic carbocycles. The number of carbonyl (C=O) groups is 4. The van der Waals surface area contributed by atoms with Crippen molar-refractivity contribution in [1.82, 2.24) is 10.4 Å². The number of imide groups is 2. The second-order valence-electron chi connectivity index (χ2n) is 5.95. The molecule has 3 N–H and O–H groups in total. The van der Waals surface area contributed by atoms with E-state index in [9.17, 15) is 32.3 Å². The molecule has 1 aliphatic heterocycles. The Bertz CT molecular complexity index is 992. The molecule has 0 saturated carbocycles. The molecule has 1 atom stereocenters. The zero-order valence-electron chi connectivity index (χ0n) is 14.4. The molecule has 0 bridgehead atoms. The molecule has 1 fully saturated rings. The molecule has 2 aromatic carbocycles. The first kappa shape index (κ1) is 19.9. The molecule has 5 amide bonds. The number of halogens is 3. The lowest BCUT2D eigenvalue weighted by Crippen LogP contribution is -2.70. The molecule has 0 radical (unpaired) electrons. The number of nitrogens with one attached hydrogen (secondary N) is 1. The minimum atomic E-state index is -4.60. The van der Waals surface area contributed by atoms with E-state index in [-0.39, 0.29) is 16.4 Å². The number of barbiturate groups is 1. The molecule has 8 nitrogen and oxygen atoms in total. The Kier molecular flexibility index (Phi) is 4.74. The van der Waals surface area contributed by atoms with Crippen LogP contribution in [0.4, 0.5) is 18.0 Å². The SMILES string of the molecule is NC(=O)C1(c2ccccc2)C(=O)NC(=O)N(Oc2ccc(C(F)(F)F)cc2)C1=O. The predicted molar refractivity (Wildman–Crippen MR) is 89.8 cm³/mol. The monoisotopic (exact) mass is 407 g/mol. The Labute approximate surface area is 161 Å². The van der Waals surface area contributed by atoms with Gasteiger partial charge < -0.3 is 10.6 Å². The summed E-state index contributed by atoms with van der Waals surface area (Å²) in [6.45, 7) is 0. The van der Waals surface area contributed by atoms with Crippen LogP contribution in [0.25, 0.3) is 0 Å². The van der Waals surface area contributed by atoms with Gasteiger partial charge in [0.15, 0.2) is 5.75 Å². The van der Waals surface area contributed by atoms with E-state index in [1.54, 1.807) is 6.07 Å². The molecule has 0 spiro atoms. The van der Waals surface area contributed by atoms with Gasteiger partial charge in [-0.05, 0) is 29.8 Å². The number of nitrogens with zero attached hydrogens (tertiary/aromatic N) is 1. The van der Waals surface area contributed by atoms with Crippen LogP contribution in [0.3, 0.4) is 0 Å². The normalized spacial score (nSPS) is 19.7. The number of carbonyl (C=O) groups excluding carboxylic acids is 4. The van der Waals surface area contributed by atoms with Crippen molar-refractivity contribution in [1.29, 1.82) is 0 Å². The first-order valence-electron chi connectivity index (χ1n) is 7.99. The number of alkyl halides is 3. The van der Waals surface area contributed by atoms with Gasteiger partial charge in [-0.25, -0.2) is 4.79 Å². The van der Waals surface area contributed by atoms with E-state index in [0.29, 0.717) is 12.1 Å². The summed E-state index contributed by atoms with van der Waals surface area (Å²) in [5.74, 6) is -4.34. The fourth-order valence-electron chi connectivity index (χ4n) is 2.78. The summed E-state index contributed by atoms with van der Waals surface area (Å²) in [4.78, 5) is 54.8. The topological polar surface area (TPSA) is 119 Å². The van der Waals surface area contributed by atoms with Crippen molar-refractivity contribution >= 4 is 23.8 Å². The second-order valence-corrected chi connectivity index (χ2v) is 5.95. The van der Waals surface area contributed by atoms with E-state index in [1.165, 1.54) is 24.3 Å². The van der Waals surface area contributed by atoms with Gasteiger partial charge in [-0.2, -0.15) is 13.2 Å². The van der Waals surface area contributed by atoms with Gasteiger partial charge >= 0.3 is 12.2 Å². The van der Waals surface area contributed by atoms with Gasteiger partial charge in [-0.1, -0.05) is 35.4 Å². The Balaban J connectivity index is 2.00. The minimum absolute atomic E-state index is 0.0712. The number of hydrogen-bond donors (Lipinski definition) is 2. The summed E-state index contributed by atoms with van der Waals surface area (Å²) < 4.78 is 38.0. The summed E-state index contributed by atoms with van der Waals surface area (Å²) in [5.41, 5.74) is 1.66. The zero-order chi connectivity index (χ0) is 21.4. The van der Waals surface area contributed by atoms with Crippen LogP contribution in [0.1, 0.15) is 11.1 Å². The summed E-state index contributed by atoms with van der Waals surface area (Å²) in [6.07, 6.45) is -4.60. The molecule has 2 aromatic rings. The lowest BCUT2D eigenvalue weighted by Gasteiger charge is -2.36. The van der Waals surface area contributed by atoms with Gasteiger partial charge in [0.2, 0.25) is 11.3 Å². The Hall–Kier alpha value is -3.89. The maximum Gasteiger partial charge on any atom is 0.416 e. The van der Waals surface area contributed by atoms with E-state index in [0.717, 1.165) is 12.1 Å². The van der Waals surface area contributed by atoms with Crippen LogP contribution in [-0.4, -0.2) is 28.8 Å². The van der Waals surface area contributed by atoms with Crippen molar-refractivity contribution in [3.05, 3.63) is 65.7 Å². The highest BCUT2D eigenvalue weighted by Gasteiger charge is 2.61. The molecule has 3 rings (SSSR count). The third kappa shape index (κ3) is 3.26. The first-order chi connectivity index (χ1) is 13.6. The first-order valence-corrected chi connectivity index (χ1v) is 7.99. The molecule has 1 aliphatic rings. The summed E-state index contributed by atoms with van der Waals surface area (Å²) in [6, 6.07) is 8.77. The summed E-state index contributed by atoms with van der Waals surface area (Å²) >= 11 is 0. The maximum atomic E-state index is 13.0. The standard InChI is InChI=1S/C18H12F3N3O5/c19-18(20,21)11-6-8-12(9-7-11)29-24-15(27)17(13(22)25,14(26)23-16(24)28)10-4-2-1-3-5-10/h1-9H,(H2,22,25)(H,23,26,28). The zero-order valence-corrected chi connectivity index (χ0v) is 14.4.